The first-order chi connectivity index (χ1) is 9.31. The molecular formula is C16H16N2O. The maximum atomic E-state index is 5.82. The van der Waals surface area contributed by atoms with Crippen molar-refractivity contribution in [1.82, 2.24) is 5.32 Å². The minimum atomic E-state index is 0.411. The summed E-state index contributed by atoms with van der Waals surface area (Å²) in [6.07, 6.45) is 0. The highest BCUT2D eigenvalue weighted by atomic mass is 16.5. The lowest BCUT2D eigenvalue weighted by atomic mass is 10.2. The van der Waals surface area contributed by atoms with Gasteiger partial charge in [0.2, 0.25) is 0 Å². The second kappa shape index (κ2) is 5.14. The van der Waals surface area contributed by atoms with Crippen LogP contribution < -0.4 is 10.1 Å². The number of nitrogens with one attached hydrogen (secondary N) is 1. The monoisotopic (exact) mass is 252 g/mol. The predicted octanol–water partition coefficient (Wildman–Crippen LogP) is 3.22. The highest BCUT2D eigenvalue weighted by molar-refractivity contribution is 6.00. The van der Waals surface area contributed by atoms with Crippen molar-refractivity contribution in [3.63, 3.8) is 0 Å². The zero-order valence-electron chi connectivity index (χ0n) is 10.8. The van der Waals surface area contributed by atoms with E-state index in [4.69, 9.17) is 4.74 Å². The van der Waals surface area contributed by atoms with E-state index in [-0.39, 0.29) is 0 Å². The fourth-order valence-corrected chi connectivity index (χ4v) is 2.06. The molecule has 0 saturated carbocycles. The molecule has 1 aliphatic rings. The lowest BCUT2D eigenvalue weighted by molar-refractivity contribution is 0.482. The molecule has 0 bridgehead atoms. The molecule has 3 nitrogen and oxygen atoms in total. The molecule has 0 aromatic heterocycles. The van der Waals surface area contributed by atoms with Gasteiger partial charge in [-0.15, -0.1) is 0 Å². The van der Waals surface area contributed by atoms with Crippen LogP contribution in [0.5, 0.6) is 11.5 Å². The van der Waals surface area contributed by atoms with E-state index in [9.17, 15) is 0 Å². The third kappa shape index (κ3) is 2.76. The van der Waals surface area contributed by atoms with Gasteiger partial charge in [0.1, 0.15) is 17.3 Å². The fourth-order valence-electron chi connectivity index (χ4n) is 2.06. The summed E-state index contributed by atoms with van der Waals surface area (Å²) in [6, 6.07) is 18.2. The van der Waals surface area contributed by atoms with Gasteiger partial charge in [0.05, 0.1) is 6.54 Å². The van der Waals surface area contributed by atoms with Crippen molar-refractivity contribution >= 4 is 5.84 Å². The maximum Gasteiger partial charge on any atom is 0.128 e. The minimum Gasteiger partial charge on any atom is -0.457 e. The topological polar surface area (TPSA) is 33.6 Å². The number of para-hydroxylation sites is 1. The maximum absolute atomic E-state index is 5.82. The molecule has 0 fully saturated rings. The summed E-state index contributed by atoms with van der Waals surface area (Å²) in [5.74, 6) is 2.62. The molecule has 0 amide bonds. The normalized spacial score (nSPS) is 17.7. The number of aliphatic imine (C=N–C) groups is 1. The molecule has 1 aliphatic heterocycles. The molecule has 0 aliphatic carbocycles. The van der Waals surface area contributed by atoms with Crippen LogP contribution in [0.4, 0.5) is 0 Å². The summed E-state index contributed by atoms with van der Waals surface area (Å²) in [5.41, 5.74) is 1.07. The van der Waals surface area contributed by atoms with Gasteiger partial charge in [-0.1, -0.05) is 30.3 Å². The van der Waals surface area contributed by atoms with E-state index >= 15 is 0 Å². The van der Waals surface area contributed by atoms with E-state index in [0.29, 0.717) is 6.04 Å². The van der Waals surface area contributed by atoms with Gasteiger partial charge in [-0.05, 0) is 31.2 Å². The molecule has 0 radical (unpaired) electrons. The van der Waals surface area contributed by atoms with Gasteiger partial charge in [0.15, 0.2) is 0 Å². The Balaban J connectivity index is 1.81. The van der Waals surface area contributed by atoms with E-state index in [1.165, 1.54) is 0 Å². The molecule has 96 valence electrons. The minimum absolute atomic E-state index is 0.411. The smallest absolute Gasteiger partial charge is 0.128 e. The van der Waals surface area contributed by atoms with E-state index in [1.54, 1.807) is 0 Å². The lowest BCUT2D eigenvalue weighted by Crippen LogP contribution is -2.27. The van der Waals surface area contributed by atoms with Gasteiger partial charge in [-0.25, -0.2) is 0 Å². The molecule has 0 spiro atoms. The second-order valence-electron chi connectivity index (χ2n) is 4.68. The highest BCUT2D eigenvalue weighted by Crippen LogP contribution is 2.22. The first kappa shape index (κ1) is 11.8. The Morgan fingerprint density at radius 2 is 1.84 bits per heavy atom. The number of rotatable bonds is 3. The third-order valence-corrected chi connectivity index (χ3v) is 2.99. The standard InChI is InChI=1S/C16H16N2O/c1-12-11-17-16(18-12)13-6-5-9-15(10-13)19-14-7-3-2-4-8-14/h2-10,12H,11H2,1H3,(H,17,18). The summed E-state index contributed by atoms with van der Waals surface area (Å²) in [6.45, 7) is 2.96. The molecule has 3 rings (SSSR count). The van der Waals surface area contributed by atoms with Crippen LogP contribution >= 0.6 is 0 Å². The zero-order chi connectivity index (χ0) is 13.1. The molecular weight excluding hydrogens is 236 g/mol. The van der Waals surface area contributed by atoms with Gasteiger partial charge < -0.3 is 10.1 Å². The molecule has 1 heterocycles. The lowest BCUT2D eigenvalue weighted by Gasteiger charge is -2.09. The summed E-state index contributed by atoms with van der Waals surface area (Å²) in [4.78, 5) is 4.49. The van der Waals surface area contributed by atoms with Crippen LogP contribution in [0.3, 0.4) is 0 Å². The van der Waals surface area contributed by atoms with Gasteiger partial charge in [-0.2, -0.15) is 0 Å². The van der Waals surface area contributed by atoms with E-state index in [1.807, 2.05) is 54.6 Å². The van der Waals surface area contributed by atoms with Crippen LogP contribution in [-0.4, -0.2) is 18.4 Å². The van der Waals surface area contributed by atoms with Crippen molar-refractivity contribution in [1.29, 1.82) is 0 Å². The Morgan fingerprint density at radius 3 is 2.58 bits per heavy atom. The number of ether oxygens (including phenoxy) is 1. The van der Waals surface area contributed by atoms with Crippen LogP contribution in [0.15, 0.2) is 59.6 Å². The van der Waals surface area contributed by atoms with E-state index in [0.717, 1.165) is 29.4 Å². The number of hydrogen-bond donors (Lipinski definition) is 1. The van der Waals surface area contributed by atoms with Crippen molar-refractivity contribution in [3.05, 3.63) is 60.2 Å². The van der Waals surface area contributed by atoms with Crippen LogP contribution in [0.25, 0.3) is 0 Å². The molecule has 2 aromatic carbocycles. The zero-order valence-corrected chi connectivity index (χ0v) is 10.8. The summed E-state index contributed by atoms with van der Waals surface area (Å²) < 4.78 is 5.82. The van der Waals surface area contributed by atoms with Crippen LogP contribution in [0.2, 0.25) is 0 Å². The Hall–Kier alpha value is -2.29. The molecule has 19 heavy (non-hydrogen) atoms. The van der Waals surface area contributed by atoms with Crippen LogP contribution in [0, 0.1) is 0 Å². The Labute approximate surface area is 113 Å². The first-order valence-electron chi connectivity index (χ1n) is 6.45. The quantitative estimate of drug-likeness (QED) is 0.910. The SMILES string of the molecule is CC1CN=C(c2cccc(Oc3ccccc3)c2)N1. The fraction of sp³-hybridized carbons (Fsp3) is 0.188. The van der Waals surface area contributed by atoms with Gasteiger partial charge >= 0.3 is 0 Å². The summed E-state index contributed by atoms with van der Waals surface area (Å²) in [5, 5.41) is 3.36. The molecule has 1 N–H and O–H groups in total. The van der Waals surface area contributed by atoms with Gasteiger partial charge in [0.25, 0.3) is 0 Å². The van der Waals surface area contributed by atoms with E-state index < -0.39 is 0 Å². The van der Waals surface area contributed by atoms with Crippen molar-refractivity contribution < 1.29 is 4.74 Å². The van der Waals surface area contributed by atoms with E-state index in [2.05, 4.69) is 17.2 Å². The van der Waals surface area contributed by atoms with Gasteiger partial charge in [-0.3, -0.25) is 4.99 Å². The Bertz CT molecular complexity index is 593. The number of hydrogen-bond acceptors (Lipinski definition) is 3. The van der Waals surface area contributed by atoms with Crippen molar-refractivity contribution in [2.24, 2.45) is 4.99 Å². The number of amidine groups is 1. The first-order valence-corrected chi connectivity index (χ1v) is 6.45. The Kier molecular flexibility index (Phi) is 3.19. The average molecular weight is 252 g/mol. The van der Waals surface area contributed by atoms with Crippen molar-refractivity contribution in [2.45, 2.75) is 13.0 Å². The van der Waals surface area contributed by atoms with Crippen LogP contribution in [0.1, 0.15) is 12.5 Å². The molecule has 0 saturated heterocycles. The van der Waals surface area contributed by atoms with Crippen LogP contribution in [-0.2, 0) is 0 Å². The van der Waals surface area contributed by atoms with Gasteiger partial charge in [0, 0.05) is 11.6 Å². The molecule has 1 atom stereocenters. The molecule has 2 aromatic rings. The molecule has 3 heteroatoms. The average Bonchev–Trinajstić information content (AvgIpc) is 2.87. The van der Waals surface area contributed by atoms with Crippen molar-refractivity contribution in [3.8, 4) is 11.5 Å². The largest absolute Gasteiger partial charge is 0.457 e. The predicted molar refractivity (Wildman–Crippen MR) is 77.0 cm³/mol. The molecule has 1 unspecified atom stereocenters. The second-order valence-corrected chi connectivity index (χ2v) is 4.68. The number of benzene rings is 2. The highest BCUT2D eigenvalue weighted by Gasteiger charge is 2.14. The van der Waals surface area contributed by atoms with Crippen molar-refractivity contribution in [2.75, 3.05) is 6.54 Å². The Morgan fingerprint density at radius 1 is 1.05 bits per heavy atom. The third-order valence-electron chi connectivity index (χ3n) is 2.99. The summed E-state index contributed by atoms with van der Waals surface area (Å²) in [7, 11) is 0. The summed E-state index contributed by atoms with van der Waals surface area (Å²) >= 11 is 0. The number of nitrogens with zero attached hydrogens (tertiary/aromatic N) is 1.